The van der Waals surface area contributed by atoms with E-state index in [1.54, 1.807) is 0 Å². The number of hydrogen-bond acceptors (Lipinski definition) is 2. The van der Waals surface area contributed by atoms with Crippen molar-refractivity contribution in [3.63, 3.8) is 0 Å². The van der Waals surface area contributed by atoms with Gasteiger partial charge in [-0.2, -0.15) is 0 Å². The van der Waals surface area contributed by atoms with Gasteiger partial charge in [0.15, 0.2) is 6.04 Å². The molecule has 0 saturated carbocycles. The highest BCUT2D eigenvalue weighted by atomic mass is 35.5. The van der Waals surface area contributed by atoms with E-state index in [0.29, 0.717) is 11.1 Å². The molecule has 0 aliphatic rings. The van der Waals surface area contributed by atoms with Gasteiger partial charge in [0, 0.05) is 12.0 Å². The number of rotatable bonds is 18. The Morgan fingerprint density at radius 1 is 0.806 bits per heavy atom. The molecule has 0 aromatic heterocycles. The monoisotopic (exact) mass is 454 g/mol. The van der Waals surface area contributed by atoms with E-state index in [-0.39, 0.29) is 24.4 Å². The first-order valence-electron chi connectivity index (χ1n) is 12.5. The Labute approximate surface area is 198 Å². The molecular formula is C27H49ClNO2+. The van der Waals surface area contributed by atoms with Crippen molar-refractivity contribution in [2.24, 2.45) is 0 Å². The summed E-state index contributed by atoms with van der Waals surface area (Å²) in [6.07, 6.45) is 15.8. The van der Waals surface area contributed by atoms with Crippen LogP contribution in [0.5, 0.6) is 0 Å². The van der Waals surface area contributed by atoms with Crippen LogP contribution in [0, 0.1) is 0 Å². The van der Waals surface area contributed by atoms with E-state index in [9.17, 15) is 4.79 Å². The summed E-state index contributed by atoms with van der Waals surface area (Å²) in [5.41, 5.74) is 1.28. The average molecular weight is 455 g/mol. The molecule has 1 unspecified atom stereocenters. The molecule has 0 aliphatic carbocycles. The van der Waals surface area contributed by atoms with Gasteiger partial charge in [0.2, 0.25) is 0 Å². The van der Waals surface area contributed by atoms with Crippen molar-refractivity contribution < 1.29 is 14.0 Å². The van der Waals surface area contributed by atoms with Gasteiger partial charge in [-0.3, -0.25) is 0 Å². The maximum absolute atomic E-state index is 13.0. The van der Waals surface area contributed by atoms with Crippen molar-refractivity contribution in [1.82, 2.24) is 0 Å². The fourth-order valence-electron chi connectivity index (χ4n) is 4.19. The number of quaternary nitrogens is 1. The molecule has 0 aliphatic heterocycles. The summed E-state index contributed by atoms with van der Waals surface area (Å²) < 4.78 is 6.40. The van der Waals surface area contributed by atoms with Crippen LogP contribution in [0.4, 0.5) is 0 Å². The average Bonchev–Trinajstić information content (AvgIpc) is 2.72. The Kier molecular flexibility index (Phi) is 17.9. The molecule has 1 aromatic carbocycles. The Hall–Kier alpha value is -1.06. The predicted molar refractivity (Wildman–Crippen MR) is 136 cm³/mol. The van der Waals surface area contributed by atoms with Gasteiger partial charge < -0.3 is 9.22 Å². The standard InChI is InChI=1S/C27H48NO2.ClH/c1-5-7-9-11-12-13-14-18-22-26(27(29)30-23-19-10-8-6-2)28(3,4)24-25-20-16-15-17-21-25;/h15-17,20-21,26H,5-14,18-19,22-24H2,1-4H3;1H/q+1;. The molecule has 4 heteroatoms. The maximum Gasteiger partial charge on any atom is 0.364 e. The summed E-state index contributed by atoms with van der Waals surface area (Å²) in [5, 5.41) is 0. The van der Waals surface area contributed by atoms with Crippen molar-refractivity contribution in [2.75, 3.05) is 20.7 Å². The second-order valence-electron chi connectivity index (χ2n) is 9.43. The number of carbonyl (C=O) groups is 1. The Morgan fingerprint density at radius 2 is 1.32 bits per heavy atom. The van der Waals surface area contributed by atoms with E-state index >= 15 is 0 Å². The highest BCUT2D eigenvalue weighted by molar-refractivity contribution is 5.85. The molecule has 0 saturated heterocycles. The number of nitrogens with zero attached hydrogens (tertiary/aromatic N) is 1. The first-order valence-corrected chi connectivity index (χ1v) is 12.5. The first-order chi connectivity index (χ1) is 14.5. The molecule has 0 fully saturated rings. The summed E-state index contributed by atoms with van der Waals surface area (Å²) in [6.45, 7) is 5.89. The summed E-state index contributed by atoms with van der Waals surface area (Å²) in [6, 6.07) is 10.4. The molecule has 3 nitrogen and oxygen atoms in total. The van der Waals surface area contributed by atoms with Gasteiger partial charge in [-0.25, -0.2) is 4.79 Å². The molecule has 180 valence electrons. The number of benzene rings is 1. The van der Waals surface area contributed by atoms with E-state index in [4.69, 9.17) is 4.74 Å². The van der Waals surface area contributed by atoms with Gasteiger partial charge in [0.25, 0.3) is 0 Å². The van der Waals surface area contributed by atoms with Crippen LogP contribution < -0.4 is 0 Å². The van der Waals surface area contributed by atoms with Gasteiger partial charge in [-0.1, -0.05) is 108 Å². The highest BCUT2D eigenvalue weighted by Gasteiger charge is 2.35. The lowest BCUT2D eigenvalue weighted by Crippen LogP contribution is -2.52. The third-order valence-corrected chi connectivity index (χ3v) is 6.12. The number of likely N-dealkylation sites (N-methyl/N-ethyl adjacent to an activating group) is 1. The van der Waals surface area contributed by atoms with Crippen molar-refractivity contribution >= 4 is 18.4 Å². The van der Waals surface area contributed by atoms with Crippen LogP contribution in [0.1, 0.15) is 103 Å². The van der Waals surface area contributed by atoms with E-state index in [2.05, 4.69) is 52.2 Å². The number of esters is 1. The second kappa shape index (κ2) is 18.5. The van der Waals surface area contributed by atoms with Crippen LogP contribution in [0.15, 0.2) is 30.3 Å². The molecule has 0 spiro atoms. The van der Waals surface area contributed by atoms with Crippen LogP contribution in [0.2, 0.25) is 0 Å². The largest absolute Gasteiger partial charge is 0.461 e. The lowest BCUT2D eigenvalue weighted by Gasteiger charge is -2.36. The molecule has 1 rings (SSSR count). The van der Waals surface area contributed by atoms with Gasteiger partial charge >= 0.3 is 5.97 Å². The van der Waals surface area contributed by atoms with Crippen LogP contribution in [0.3, 0.4) is 0 Å². The molecular weight excluding hydrogens is 406 g/mol. The van der Waals surface area contributed by atoms with Crippen LogP contribution in [0.25, 0.3) is 0 Å². The summed E-state index contributed by atoms with van der Waals surface area (Å²) >= 11 is 0. The minimum absolute atomic E-state index is 0. The quantitative estimate of drug-likeness (QED) is 0.129. The molecule has 0 heterocycles. The maximum atomic E-state index is 13.0. The van der Waals surface area contributed by atoms with Crippen LogP contribution >= 0.6 is 12.4 Å². The smallest absolute Gasteiger partial charge is 0.364 e. The van der Waals surface area contributed by atoms with Crippen LogP contribution in [-0.2, 0) is 16.1 Å². The van der Waals surface area contributed by atoms with Gasteiger partial charge in [0.1, 0.15) is 6.54 Å². The topological polar surface area (TPSA) is 26.3 Å². The summed E-state index contributed by atoms with van der Waals surface area (Å²) in [7, 11) is 4.36. The van der Waals surface area contributed by atoms with E-state index in [1.165, 1.54) is 63.4 Å². The number of unbranched alkanes of at least 4 members (excludes halogenated alkanes) is 10. The third kappa shape index (κ3) is 13.9. The number of hydrogen-bond donors (Lipinski definition) is 0. The first kappa shape index (κ1) is 29.9. The number of halogens is 1. The molecule has 1 aromatic rings. The number of carbonyl (C=O) groups excluding carboxylic acids is 1. The fourth-order valence-corrected chi connectivity index (χ4v) is 4.19. The molecule has 1 atom stereocenters. The molecule has 0 amide bonds. The zero-order chi connectivity index (χ0) is 22.1. The van der Waals surface area contributed by atoms with E-state index < -0.39 is 0 Å². The van der Waals surface area contributed by atoms with Gasteiger partial charge in [-0.05, 0) is 12.8 Å². The Balaban J connectivity index is 0.00000900. The Bertz CT molecular complexity index is 547. The fraction of sp³-hybridized carbons (Fsp3) is 0.741. The van der Waals surface area contributed by atoms with E-state index in [0.717, 1.165) is 32.2 Å². The third-order valence-electron chi connectivity index (χ3n) is 6.12. The Morgan fingerprint density at radius 3 is 1.90 bits per heavy atom. The highest BCUT2D eigenvalue weighted by Crippen LogP contribution is 2.21. The van der Waals surface area contributed by atoms with E-state index in [1.807, 2.05) is 6.07 Å². The summed E-state index contributed by atoms with van der Waals surface area (Å²) in [5.74, 6) is -0.00428. The number of ether oxygens (including phenoxy) is 1. The van der Waals surface area contributed by atoms with Crippen LogP contribution in [-0.4, -0.2) is 37.2 Å². The lowest BCUT2D eigenvalue weighted by atomic mass is 10.0. The zero-order valence-electron chi connectivity index (χ0n) is 20.7. The van der Waals surface area contributed by atoms with Gasteiger partial charge in [-0.15, -0.1) is 12.4 Å². The SMILES string of the molecule is CCCCCCCCCCC(C(=O)OCCCCCC)[N+](C)(C)Cc1ccccc1.Cl. The minimum atomic E-state index is -0.0866. The molecule has 0 N–H and O–H groups in total. The van der Waals surface area contributed by atoms with Crippen molar-refractivity contribution in [2.45, 2.75) is 110 Å². The normalized spacial score (nSPS) is 12.3. The molecule has 0 bridgehead atoms. The second-order valence-corrected chi connectivity index (χ2v) is 9.43. The van der Waals surface area contributed by atoms with Crippen molar-refractivity contribution in [3.05, 3.63) is 35.9 Å². The molecule has 31 heavy (non-hydrogen) atoms. The molecule has 0 radical (unpaired) electrons. The van der Waals surface area contributed by atoms with Crippen molar-refractivity contribution in [3.8, 4) is 0 Å². The van der Waals surface area contributed by atoms with Crippen molar-refractivity contribution in [1.29, 1.82) is 0 Å². The minimum Gasteiger partial charge on any atom is -0.461 e. The predicted octanol–water partition coefficient (Wildman–Crippen LogP) is 7.71. The van der Waals surface area contributed by atoms with Gasteiger partial charge in [0.05, 0.1) is 20.7 Å². The zero-order valence-corrected chi connectivity index (χ0v) is 21.6. The summed E-state index contributed by atoms with van der Waals surface area (Å²) in [4.78, 5) is 13.0. The lowest BCUT2D eigenvalue weighted by molar-refractivity contribution is -0.920.